The lowest BCUT2D eigenvalue weighted by atomic mass is 10.1. The number of hydrogen-bond acceptors (Lipinski definition) is 1. The van der Waals surface area contributed by atoms with E-state index in [0.717, 1.165) is 18.4 Å². The summed E-state index contributed by atoms with van der Waals surface area (Å²) in [5.74, 6) is 0.101. The van der Waals surface area contributed by atoms with Crippen molar-refractivity contribution in [2.24, 2.45) is 5.92 Å². The normalized spacial score (nSPS) is 18.7. The van der Waals surface area contributed by atoms with E-state index in [1.54, 1.807) is 12.1 Å². The third-order valence-corrected chi connectivity index (χ3v) is 2.96. The van der Waals surface area contributed by atoms with E-state index < -0.39 is 6.10 Å². The SMILES string of the molecule is OC(c1ccc(F)c(Br)c1)C1CC1. The van der Waals surface area contributed by atoms with Gasteiger partial charge in [-0.1, -0.05) is 6.07 Å². The van der Waals surface area contributed by atoms with E-state index in [0.29, 0.717) is 10.4 Å². The summed E-state index contributed by atoms with van der Waals surface area (Å²) >= 11 is 3.10. The molecule has 3 heteroatoms. The molecule has 1 aliphatic carbocycles. The van der Waals surface area contributed by atoms with Crippen molar-refractivity contribution >= 4 is 15.9 Å². The molecule has 0 radical (unpaired) electrons. The van der Waals surface area contributed by atoms with Crippen molar-refractivity contribution in [3.8, 4) is 0 Å². The van der Waals surface area contributed by atoms with E-state index >= 15 is 0 Å². The Hall–Kier alpha value is -0.410. The monoisotopic (exact) mass is 244 g/mol. The van der Waals surface area contributed by atoms with Crippen LogP contribution >= 0.6 is 15.9 Å². The van der Waals surface area contributed by atoms with Gasteiger partial charge in [-0.15, -0.1) is 0 Å². The highest BCUT2D eigenvalue weighted by Crippen LogP contribution is 2.41. The van der Waals surface area contributed by atoms with E-state index in [1.165, 1.54) is 6.07 Å². The first kappa shape index (κ1) is 9.16. The smallest absolute Gasteiger partial charge is 0.137 e. The van der Waals surface area contributed by atoms with Crippen LogP contribution in [0.5, 0.6) is 0 Å². The predicted octanol–water partition coefficient (Wildman–Crippen LogP) is 3.03. The van der Waals surface area contributed by atoms with E-state index in [-0.39, 0.29) is 5.82 Å². The predicted molar refractivity (Wildman–Crippen MR) is 51.8 cm³/mol. The molecule has 0 bridgehead atoms. The summed E-state index contributed by atoms with van der Waals surface area (Å²) < 4.78 is 13.3. The summed E-state index contributed by atoms with van der Waals surface area (Å²) in [6.45, 7) is 0. The van der Waals surface area contributed by atoms with Gasteiger partial charge in [-0.05, 0) is 52.4 Å². The van der Waals surface area contributed by atoms with Crippen molar-refractivity contribution in [1.29, 1.82) is 0 Å². The van der Waals surface area contributed by atoms with Gasteiger partial charge in [0.05, 0.1) is 10.6 Å². The molecule has 1 aromatic carbocycles. The maximum atomic E-state index is 12.9. The maximum absolute atomic E-state index is 12.9. The van der Waals surface area contributed by atoms with Crippen molar-refractivity contribution in [1.82, 2.24) is 0 Å². The summed E-state index contributed by atoms with van der Waals surface area (Å²) in [5, 5.41) is 9.73. The van der Waals surface area contributed by atoms with Crippen molar-refractivity contribution < 1.29 is 9.50 Å². The highest BCUT2D eigenvalue weighted by atomic mass is 79.9. The van der Waals surface area contributed by atoms with Gasteiger partial charge in [0.2, 0.25) is 0 Å². The fourth-order valence-electron chi connectivity index (χ4n) is 1.38. The molecule has 0 saturated heterocycles. The van der Waals surface area contributed by atoms with Crippen molar-refractivity contribution in [3.05, 3.63) is 34.1 Å². The van der Waals surface area contributed by atoms with Gasteiger partial charge in [0.1, 0.15) is 5.82 Å². The van der Waals surface area contributed by atoms with Gasteiger partial charge >= 0.3 is 0 Å². The van der Waals surface area contributed by atoms with Gasteiger partial charge in [-0.3, -0.25) is 0 Å². The van der Waals surface area contributed by atoms with Gasteiger partial charge in [0.15, 0.2) is 0 Å². The molecule has 0 aliphatic heterocycles. The second kappa shape index (κ2) is 3.39. The molecule has 1 N–H and O–H groups in total. The molecule has 1 unspecified atom stereocenters. The highest BCUT2D eigenvalue weighted by Gasteiger charge is 2.30. The summed E-state index contributed by atoms with van der Waals surface area (Å²) in [5.41, 5.74) is 0.802. The molecule has 13 heavy (non-hydrogen) atoms. The number of rotatable bonds is 2. The van der Waals surface area contributed by atoms with Gasteiger partial charge < -0.3 is 5.11 Å². The largest absolute Gasteiger partial charge is 0.388 e. The van der Waals surface area contributed by atoms with Crippen LogP contribution in [0.2, 0.25) is 0 Å². The molecule has 1 atom stereocenters. The van der Waals surface area contributed by atoms with Crippen LogP contribution in [0.15, 0.2) is 22.7 Å². The average Bonchev–Trinajstić information content (AvgIpc) is 2.91. The number of hydrogen-bond donors (Lipinski definition) is 1. The quantitative estimate of drug-likeness (QED) is 0.849. The lowest BCUT2D eigenvalue weighted by Crippen LogP contribution is -1.99. The standard InChI is InChI=1S/C10H10BrFO/c11-8-5-7(3-4-9(8)12)10(13)6-1-2-6/h3-6,10,13H,1-2H2. The average molecular weight is 245 g/mol. The summed E-state index contributed by atoms with van der Waals surface area (Å²) in [7, 11) is 0. The zero-order chi connectivity index (χ0) is 9.42. The zero-order valence-corrected chi connectivity index (χ0v) is 8.59. The van der Waals surface area contributed by atoms with Crippen LogP contribution in [0.4, 0.5) is 4.39 Å². The van der Waals surface area contributed by atoms with E-state index in [1.807, 2.05) is 0 Å². The van der Waals surface area contributed by atoms with E-state index in [2.05, 4.69) is 15.9 Å². The first-order valence-corrected chi connectivity index (χ1v) is 5.11. The first-order chi connectivity index (χ1) is 6.18. The first-order valence-electron chi connectivity index (χ1n) is 4.31. The molecule has 1 aliphatic rings. The fraction of sp³-hybridized carbons (Fsp3) is 0.400. The molecular formula is C10H10BrFO. The van der Waals surface area contributed by atoms with E-state index in [9.17, 15) is 9.50 Å². The van der Waals surface area contributed by atoms with Gasteiger partial charge in [-0.25, -0.2) is 4.39 Å². The Morgan fingerprint density at radius 3 is 2.69 bits per heavy atom. The van der Waals surface area contributed by atoms with Crippen molar-refractivity contribution in [3.63, 3.8) is 0 Å². The van der Waals surface area contributed by atoms with Crippen LogP contribution in [-0.2, 0) is 0 Å². The second-order valence-corrected chi connectivity index (χ2v) is 4.31. The lowest BCUT2D eigenvalue weighted by Gasteiger charge is -2.09. The van der Waals surface area contributed by atoms with Crippen LogP contribution in [0.25, 0.3) is 0 Å². The molecule has 0 spiro atoms. The Morgan fingerprint density at radius 1 is 1.46 bits per heavy atom. The number of aliphatic hydroxyl groups excluding tert-OH is 1. The topological polar surface area (TPSA) is 20.2 Å². The molecule has 0 amide bonds. The Bertz CT molecular complexity index is 323. The molecule has 2 rings (SSSR count). The van der Waals surface area contributed by atoms with Crippen molar-refractivity contribution in [2.75, 3.05) is 0 Å². The second-order valence-electron chi connectivity index (χ2n) is 3.46. The molecular weight excluding hydrogens is 235 g/mol. The number of benzene rings is 1. The van der Waals surface area contributed by atoms with Crippen molar-refractivity contribution in [2.45, 2.75) is 18.9 Å². The Balaban J connectivity index is 2.24. The molecule has 0 heterocycles. The zero-order valence-electron chi connectivity index (χ0n) is 7.00. The third-order valence-electron chi connectivity index (χ3n) is 2.35. The molecule has 0 aromatic heterocycles. The Labute approximate surface area is 84.7 Å². The summed E-state index contributed by atoms with van der Waals surface area (Å²) in [6, 6.07) is 4.67. The molecule has 1 aromatic rings. The maximum Gasteiger partial charge on any atom is 0.137 e. The minimum absolute atomic E-state index is 0.285. The Kier molecular flexibility index (Phi) is 2.39. The third kappa shape index (κ3) is 1.92. The van der Waals surface area contributed by atoms with Crippen LogP contribution in [-0.4, -0.2) is 5.11 Å². The number of halogens is 2. The van der Waals surface area contributed by atoms with Crippen LogP contribution < -0.4 is 0 Å². The molecule has 1 fully saturated rings. The molecule has 1 saturated carbocycles. The summed E-state index contributed by atoms with van der Waals surface area (Å²) in [4.78, 5) is 0. The minimum atomic E-state index is -0.420. The summed E-state index contributed by atoms with van der Waals surface area (Å²) in [6.07, 6.45) is 1.74. The van der Waals surface area contributed by atoms with Crippen LogP contribution in [0.1, 0.15) is 24.5 Å². The highest BCUT2D eigenvalue weighted by molar-refractivity contribution is 9.10. The lowest BCUT2D eigenvalue weighted by molar-refractivity contribution is 0.153. The molecule has 1 nitrogen and oxygen atoms in total. The fourth-order valence-corrected chi connectivity index (χ4v) is 1.78. The van der Waals surface area contributed by atoms with Gasteiger partial charge in [-0.2, -0.15) is 0 Å². The minimum Gasteiger partial charge on any atom is -0.388 e. The molecule has 70 valence electrons. The Morgan fingerprint density at radius 2 is 2.15 bits per heavy atom. The van der Waals surface area contributed by atoms with Crippen LogP contribution in [0.3, 0.4) is 0 Å². The van der Waals surface area contributed by atoms with Gasteiger partial charge in [0.25, 0.3) is 0 Å². The van der Waals surface area contributed by atoms with Gasteiger partial charge in [0, 0.05) is 0 Å². The number of aliphatic hydroxyl groups is 1. The van der Waals surface area contributed by atoms with Crippen LogP contribution in [0, 0.1) is 11.7 Å². The van der Waals surface area contributed by atoms with E-state index in [4.69, 9.17) is 0 Å².